The molecule has 5 aromatic carbocycles. The van der Waals surface area contributed by atoms with Gasteiger partial charge >= 0.3 is 0 Å². The Morgan fingerprint density at radius 3 is 1.92 bits per heavy atom. The highest BCUT2D eigenvalue weighted by Gasteiger charge is 2.56. The summed E-state index contributed by atoms with van der Waals surface area (Å²) < 4.78 is 151. The molecule has 0 atom stereocenters. The van der Waals surface area contributed by atoms with Crippen molar-refractivity contribution in [1.29, 1.82) is 0 Å². The van der Waals surface area contributed by atoms with Gasteiger partial charge in [-0.3, -0.25) is 0 Å². The molecule has 8 rings (SSSR count). The summed E-state index contributed by atoms with van der Waals surface area (Å²) in [5.41, 5.74) is -3.48. The van der Waals surface area contributed by atoms with Gasteiger partial charge in [0.05, 0.1) is 27.6 Å². The lowest BCUT2D eigenvalue weighted by atomic mass is 9.33. The quantitative estimate of drug-likeness (QED) is 0.173. The molecular formula is C45H49BN2. The summed E-state index contributed by atoms with van der Waals surface area (Å²) >= 11 is 0. The third kappa shape index (κ3) is 4.19. The van der Waals surface area contributed by atoms with Crippen molar-refractivity contribution in [3.05, 3.63) is 119 Å². The van der Waals surface area contributed by atoms with Gasteiger partial charge in [0.15, 0.2) is 0 Å². The molecular weight excluding hydrogens is 579 g/mol. The van der Waals surface area contributed by atoms with E-state index in [1.807, 2.05) is 32.6 Å². The molecule has 242 valence electrons. The van der Waals surface area contributed by atoms with Crippen molar-refractivity contribution in [2.75, 3.05) is 9.80 Å². The molecule has 0 fully saturated rings. The van der Waals surface area contributed by atoms with Crippen LogP contribution in [-0.2, 0) is 16.2 Å². The molecule has 3 heterocycles. The van der Waals surface area contributed by atoms with Crippen LogP contribution in [0.25, 0.3) is 11.1 Å². The first-order chi connectivity index (χ1) is 29.2. The van der Waals surface area contributed by atoms with Crippen LogP contribution in [0.15, 0.2) is 96.7 Å². The molecule has 0 aromatic heterocycles. The summed E-state index contributed by atoms with van der Waals surface area (Å²) in [5.74, 6) is 0. The van der Waals surface area contributed by atoms with Crippen LogP contribution in [0.1, 0.15) is 113 Å². The monoisotopic (exact) mass is 644 g/mol. The Morgan fingerprint density at radius 1 is 0.625 bits per heavy atom. The number of nitrogens with zero attached hydrogens (tertiary/aromatic N) is 2. The number of anilines is 5. The Kier molecular flexibility index (Phi) is 3.71. The minimum atomic E-state index is -1.26. The van der Waals surface area contributed by atoms with Crippen LogP contribution in [0.5, 0.6) is 0 Å². The zero-order valence-corrected chi connectivity index (χ0v) is 29.5. The Hall–Kier alpha value is -4.24. The molecule has 3 heteroatoms. The fourth-order valence-electron chi connectivity index (χ4n) is 7.26. The number of rotatable bonds is 2. The van der Waals surface area contributed by atoms with E-state index in [4.69, 9.17) is 4.11 Å². The van der Waals surface area contributed by atoms with E-state index < -0.39 is 94.1 Å². The topological polar surface area (TPSA) is 6.48 Å². The van der Waals surface area contributed by atoms with E-state index in [2.05, 4.69) is 0 Å². The van der Waals surface area contributed by atoms with E-state index >= 15 is 0 Å². The molecule has 0 bridgehead atoms. The summed E-state index contributed by atoms with van der Waals surface area (Å²) in [4.78, 5) is 3.15. The minimum absolute atomic E-state index is 0.0241. The number of hydrogen-bond acceptors (Lipinski definition) is 2. The van der Waals surface area contributed by atoms with Gasteiger partial charge in [-0.2, -0.15) is 0 Å². The van der Waals surface area contributed by atoms with Gasteiger partial charge in [-0.15, -0.1) is 0 Å². The molecule has 0 aliphatic carbocycles. The SMILES string of the molecule is [2H]c1c([2H])c([2H])c(-c2c([2H])c(C(C)(C)C)c([2H])c([2H])c2N2c3c([2H])c([2H])c(C(C)(C)C)c([2H])c3B3c4c2c([2H])c(C)c([2H])c4N2c4c3c([2H])c([2H])c([2H])c4C(C)(C)C2(C)C)c([2H])c1[2H]. The predicted molar refractivity (Wildman–Crippen MR) is 209 cm³/mol. The van der Waals surface area contributed by atoms with Gasteiger partial charge in [0.25, 0.3) is 6.71 Å². The van der Waals surface area contributed by atoms with E-state index in [0.29, 0.717) is 11.3 Å². The van der Waals surface area contributed by atoms with E-state index in [0.717, 1.165) is 0 Å². The smallest absolute Gasteiger partial charge is 0.252 e. The summed E-state index contributed by atoms with van der Waals surface area (Å²) in [6, 6.07) is -7.36. The van der Waals surface area contributed by atoms with E-state index in [1.165, 1.54) is 4.90 Å². The van der Waals surface area contributed by atoms with Gasteiger partial charge in [0.2, 0.25) is 0 Å². The minimum Gasteiger partial charge on any atom is -0.336 e. The normalized spacial score (nSPS) is 21.5. The number of para-hydroxylation sites is 1. The molecule has 48 heavy (non-hydrogen) atoms. The zero-order chi connectivity index (χ0) is 48.1. The van der Waals surface area contributed by atoms with E-state index in [1.54, 1.807) is 48.5 Å². The molecule has 5 aromatic rings. The van der Waals surface area contributed by atoms with Crippen molar-refractivity contribution in [1.82, 2.24) is 0 Å². The third-order valence-electron chi connectivity index (χ3n) is 10.6. The maximum Gasteiger partial charge on any atom is 0.252 e. The van der Waals surface area contributed by atoms with Crippen molar-refractivity contribution >= 4 is 51.5 Å². The van der Waals surface area contributed by atoms with Crippen molar-refractivity contribution < 1.29 is 21.9 Å². The molecule has 0 amide bonds. The fourth-order valence-corrected chi connectivity index (χ4v) is 7.26. The molecule has 0 unspecified atom stereocenters. The first-order valence-electron chi connectivity index (χ1n) is 24.5. The molecule has 3 aliphatic heterocycles. The van der Waals surface area contributed by atoms with Crippen LogP contribution >= 0.6 is 0 Å². The Bertz CT molecular complexity index is 2990. The average Bonchev–Trinajstić information content (AvgIpc) is 3.34. The number of fused-ring (bicyclic) bond motifs is 4. The van der Waals surface area contributed by atoms with Crippen molar-refractivity contribution in [3.63, 3.8) is 0 Å². The maximum absolute atomic E-state index is 10.2. The van der Waals surface area contributed by atoms with Crippen molar-refractivity contribution in [2.45, 2.75) is 97.9 Å². The lowest BCUT2D eigenvalue weighted by Gasteiger charge is -2.48. The van der Waals surface area contributed by atoms with Crippen molar-refractivity contribution in [2.24, 2.45) is 0 Å². The second-order valence-electron chi connectivity index (χ2n) is 16.3. The zero-order valence-electron chi connectivity index (χ0n) is 45.5. The van der Waals surface area contributed by atoms with Crippen molar-refractivity contribution in [3.8, 4) is 11.1 Å². The van der Waals surface area contributed by atoms with Gasteiger partial charge in [-0.05, 0) is 106 Å². The van der Waals surface area contributed by atoms with Gasteiger partial charge in [0.1, 0.15) is 0 Å². The molecule has 0 spiro atoms. The lowest BCUT2D eigenvalue weighted by molar-refractivity contribution is 0.330. The highest BCUT2D eigenvalue weighted by atomic mass is 15.3. The van der Waals surface area contributed by atoms with Gasteiger partial charge in [0, 0.05) is 39.3 Å². The van der Waals surface area contributed by atoms with E-state index in [-0.39, 0.29) is 98.0 Å². The summed E-state index contributed by atoms with van der Waals surface area (Å²) in [6.45, 7) is 18.6. The second-order valence-corrected chi connectivity index (χ2v) is 16.3. The summed E-state index contributed by atoms with van der Waals surface area (Å²) in [6.07, 6.45) is 0. The number of benzene rings is 5. The first-order valence-corrected chi connectivity index (χ1v) is 16.5. The van der Waals surface area contributed by atoms with Gasteiger partial charge in [-0.1, -0.05) is 122 Å². The molecule has 0 N–H and O–H groups in total. The summed E-state index contributed by atoms with van der Waals surface area (Å²) in [7, 11) is 0. The second kappa shape index (κ2) is 9.91. The Labute approximate surface area is 311 Å². The van der Waals surface area contributed by atoms with Crippen LogP contribution < -0.4 is 26.2 Å². The molecule has 2 nitrogen and oxygen atoms in total. The molecule has 0 saturated carbocycles. The van der Waals surface area contributed by atoms with Crippen LogP contribution in [0.2, 0.25) is 0 Å². The third-order valence-corrected chi connectivity index (χ3v) is 10.6. The largest absolute Gasteiger partial charge is 0.336 e. The highest BCUT2D eigenvalue weighted by Crippen LogP contribution is 2.56. The first kappa shape index (κ1) is 18.0. The van der Waals surface area contributed by atoms with Gasteiger partial charge in [-0.25, -0.2) is 0 Å². The van der Waals surface area contributed by atoms with E-state index in [9.17, 15) is 17.8 Å². The fraction of sp³-hybridized carbons (Fsp3) is 0.333. The van der Waals surface area contributed by atoms with Crippen LogP contribution in [0, 0.1) is 6.92 Å². The maximum atomic E-state index is 10.2. The van der Waals surface area contributed by atoms with Crippen LogP contribution in [-0.4, -0.2) is 12.3 Å². The Morgan fingerprint density at radius 2 is 1.25 bits per heavy atom. The van der Waals surface area contributed by atoms with Crippen LogP contribution in [0.3, 0.4) is 0 Å². The average molecular weight is 645 g/mol. The predicted octanol–water partition coefficient (Wildman–Crippen LogP) is 10.1. The number of hydrogen-bond donors (Lipinski definition) is 0. The standard InChI is InChI=1S/C45H49BN2/c1-28-24-38-40-39(25-28)48-41-33(44(8,9)45(48,10)11)18-15-19-34(41)46(40)35-27-31(43(5,6)7)21-23-37(35)47(38)36-22-20-30(42(2,3)4)26-32(36)29-16-13-12-14-17-29/h12-27H,1-11H3/i12D,13D,14D,15D,16D,17D,18D,19D,20D,21D,22D,23D,24D,25D,26D,27D. The molecule has 0 saturated heterocycles. The molecule has 0 radical (unpaired) electrons. The highest BCUT2D eigenvalue weighted by molar-refractivity contribution is 7.00. The Balaban J connectivity index is 1.74. The lowest BCUT2D eigenvalue weighted by Crippen LogP contribution is -2.63. The van der Waals surface area contributed by atoms with Gasteiger partial charge < -0.3 is 9.80 Å². The molecule has 3 aliphatic rings. The van der Waals surface area contributed by atoms with Crippen LogP contribution in [0.4, 0.5) is 28.4 Å². The summed E-state index contributed by atoms with van der Waals surface area (Å²) in [5, 5.41) is 0.